The highest BCUT2D eigenvalue weighted by Crippen LogP contribution is 2.45. The summed E-state index contributed by atoms with van der Waals surface area (Å²) >= 11 is 0.912. The van der Waals surface area contributed by atoms with E-state index in [0.29, 0.717) is 16.4 Å². The lowest BCUT2D eigenvalue weighted by Crippen LogP contribution is -2.48. The number of aryl methyl sites for hydroxylation is 1. The number of nitrogens with zero attached hydrogens (tertiary/aromatic N) is 3. The van der Waals surface area contributed by atoms with E-state index in [1.165, 1.54) is 23.4 Å². The highest BCUT2D eigenvalue weighted by atomic mass is 32.2. The van der Waals surface area contributed by atoms with Crippen molar-refractivity contribution in [1.29, 1.82) is 0 Å². The van der Waals surface area contributed by atoms with Crippen molar-refractivity contribution in [2.24, 2.45) is 0 Å². The van der Waals surface area contributed by atoms with Gasteiger partial charge in [-0.25, -0.2) is 0 Å². The van der Waals surface area contributed by atoms with E-state index < -0.39 is 4.92 Å². The summed E-state index contributed by atoms with van der Waals surface area (Å²) in [6, 6.07) is 10.4. The van der Waals surface area contributed by atoms with Crippen LogP contribution in [0.25, 0.3) is 6.08 Å². The molecule has 2 aliphatic rings. The second-order valence-corrected chi connectivity index (χ2v) is 10.6. The number of benzene rings is 2. The fourth-order valence-corrected chi connectivity index (χ4v) is 5.96. The first-order valence-electron chi connectivity index (χ1n) is 11.4. The Kier molecular flexibility index (Phi) is 6.29. The van der Waals surface area contributed by atoms with Crippen molar-refractivity contribution in [1.82, 2.24) is 4.90 Å². The molecule has 0 bridgehead atoms. The Bertz CT molecular complexity index is 1220. The number of hydrogen-bond donors (Lipinski definition) is 0. The van der Waals surface area contributed by atoms with Crippen molar-refractivity contribution in [3.63, 3.8) is 0 Å². The van der Waals surface area contributed by atoms with Gasteiger partial charge in [-0.2, -0.15) is 0 Å². The number of imide groups is 1. The Labute approximate surface area is 204 Å². The Morgan fingerprint density at radius 2 is 1.97 bits per heavy atom. The molecule has 2 heterocycles. The van der Waals surface area contributed by atoms with Crippen molar-refractivity contribution in [3.8, 4) is 0 Å². The number of rotatable bonds is 5. The summed E-state index contributed by atoms with van der Waals surface area (Å²) in [6.07, 6.45) is 2.84. The zero-order valence-electron chi connectivity index (χ0n) is 20.1. The second kappa shape index (κ2) is 8.91. The zero-order chi connectivity index (χ0) is 24.8. The van der Waals surface area contributed by atoms with Gasteiger partial charge >= 0.3 is 0 Å². The van der Waals surface area contributed by atoms with Gasteiger partial charge in [-0.3, -0.25) is 24.6 Å². The number of nitro benzene ring substituents is 1. The van der Waals surface area contributed by atoms with E-state index in [2.05, 4.69) is 44.7 Å². The molecule has 1 unspecified atom stereocenters. The first-order valence-corrected chi connectivity index (χ1v) is 12.2. The topological polar surface area (TPSA) is 83.8 Å². The molecule has 2 aromatic rings. The SMILES string of the molecule is CCN1c2cc(C)c(/C=C3/SC(=O)N(Cc4cccc([N+](=O)[O-])c4)C3=O)cc2C(C)CC1(C)C. The highest BCUT2D eigenvalue weighted by molar-refractivity contribution is 8.18. The second-order valence-electron chi connectivity index (χ2n) is 9.62. The summed E-state index contributed by atoms with van der Waals surface area (Å²) in [5.74, 6) is 0.00692. The van der Waals surface area contributed by atoms with Crippen LogP contribution < -0.4 is 4.90 Å². The van der Waals surface area contributed by atoms with E-state index >= 15 is 0 Å². The molecule has 34 heavy (non-hydrogen) atoms. The van der Waals surface area contributed by atoms with Crippen LogP contribution in [0.15, 0.2) is 41.3 Å². The Balaban J connectivity index is 1.63. The molecule has 0 N–H and O–H groups in total. The Morgan fingerprint density at radius 3 is 2.65 bits per heavy atom. The molecule has 1 atom stereocenters. The molecule has 0 radical (unpaired) electrons. The minimum Gasteiger partial charge on any atom is -0.366 e. The molecule has 1 fully saturated rings. The van der Waals surface area contributed by atoms with Crippen molar-refractivity contribution in [2.75, 3.05) is 11.4 Å². The average molecular weight is 480 g/mol. The third kappa shape index (κ3) is 4.34. The van der Waals surface area contributed by atoms with Crippen LogP contribution in [0, 0.1) is 17.0 Å². The number of carbonyl (C=O) groups is 2. The van der Waals surface area contributed by atoms with Gasteiger partial charge in [0.05, 0.1) is 16.4 Å². The van der Waals surface area contributed by atoms with E-state index in [9.17, 15) is 19.7 Å². The molecular weight excluding hydrogens is 450 g/mol. The fraction of sp³-hybridized carbons (Fsp3) is 0.385. The minimum atomic E-state index is -0.488. The number of nitro groups is 1. The van der Waals surface area contributed by atoms with Crippen LogP contribution in [0.5, 0.6) is 0 Å². The monoisotopic (exact) mass is 479 g/mol. The number of fused-ring (bicyclic) bond motifs is 1. The third-order valence-corrected chi connectivity index (χ3v) is 7.62. The molecule has 0 spiro atoms. The number of thioether (sulfide) groups is 1. The average Bonchev–Trinajstić information content (AvgIpc) is 3.02. The van der Waals surface area contributed by atoms with Gasteiger partial charge in [0, 0.05) is 29.9 Å². The molecule has 0 aromatic heterocycles. The molecule has 178 valence electrons. The van der Waals surface area contributed by atoms with Gasteiger partial charge in [-0.15, -0.1) is 0 Å². The summed E-state index contributed by atoms with van der Waals surface area (Å²) < 4.78 is 0. The molecule has 2 aromatic carbocycles. The predicted octanol–water partition coefficient (Wildman–Crippen LogP) is 6.25. The highest BCUT2D eigenvalue weighted by Gasteiger charge is 2.37. The van der Waals surface area contributed by atoms with Crippen LogP contribution in [0.3, 0.4) is 0 Å². The molecule has 0 saturated carbocycles. The van der Waals surface area contributed by atoms with Crippen LogP contribution in [0.4, 0.5) is 16.2 Å². The van der Waals surface area contributed by atoms with Gasteiger partial charge in [0.1, 0.15) is 0 Å². The molecule has 2 amide bonds. The van der Waals surface area contributed by atoms with E-state index in [0.717, 1.165) is 40.8 Å². The number of hydrogen-bond acceptors (Lipinski definition) is 6. The molecule has 8 heteroatoms. The Morgan fingerprint density at radius 1 is 1.24 bits per heavy atom. The maximum Gasteiger partial charge on any atom is 0.293 e. The zero-order valence-corrected chi connectivity index (χ0v) is 20.9. The first-order chi connectivity index (χ1) is 16.0. The minimum absolute atomic E-state index is 0.00440. The maximum atomic E-state index is 13.1. The smallest absolute Gasteiger partial charge is 0.293 e. The molecule has 2 aliphatic heterocycles. The quantitative estimate of drug-likeness (QED) is 0.286. The molecule has 4 rings (SSSR count). The van der Waals surface area contributed by atoms with E-state index in [1.807, 2.05) is 6.92 Å². The van der Waals surface area contributed by atoms with Crippen molar-refractivity contribution in [3.05, 3.63) is 73.7 Å². The van der Waals surface area contributed by atoms with Crippen molar-refractivity contribution < 1.29 is 14.5 Å². The van der Waals surface area contributed by atoms with E-state index in [1.54, 1.807) is 18.2 Å². The third-order valence-electron chi connectivity index (χ3n) is 6.71. The number of non-ortho nitro benzene ring substituents is 1. The van der Waals surface area contributed by atoms with Crippen LogP contribution in [-0.4, -0.2) is 33.1 Å². The van der Waals surface area contributed by atoms with Crippen LogP contribution in [0.2, 0.25) is 0 Å². The standard InChI is InChI=1S/C26H29N3O4S/c1-6-28-22-10-16(2)19(12-21(22)17(3)14-26(28,4)5)13-23-24(30)27(25(31)34-23)15-18-8-7-9-20(11-18)29(32)33/h7-13,17H,6,14-15H2,1-5H3/b23-13+. The summed E-state index contributed by atoms with van der Waals surface area (Å²) in [7, 11) is 0. The summed E-state index contributed by atoms with van der Waals surface area (Å²) in [5.41, 5.74) is 5.02. The first kappa shape index (κ1) is 24.0. The molecule has 1 saturated heterocycles. The van der Waals surface area contributed by atoms with Gasteiger partial charge in [0.2, 0.25) is 0 Å². The van der Waals surface area contributed by atoms with Crippen LogP contribution in [0.1, 0.15) is 62.3 Å². The van der Waals surface area contributed by atoms with Gasteiger partial charge in [0.15, 0.2) is 0 Å². The lowest BCUT2D eigenvalue weighted by atomic mass is 9.79. The lowest BCUT2D eigenvalue weighted by Gasteiger charge is -2.47. The van der Waals surface area contributed by atoms with Gasteiger partial charge < -0.3 is 4.90 Å². The number of anilines is 1. The summed E-state index contributed by atoms with van der Waals surface area (Å²) in [5, 5.41) is 10.7. The number of carbonyl (C=O) groups excluding carboxylic acids is 2. The molecule has 0 aliphatic carbocycles. The van der Waals surface area contributed by atoms with Gasteiger partial charge in [-0.05, 0) is 92.3 Å². The normalized spacial score (nSPS) is 20.7. The van der Waals surface area contributed by atoms with E-state index in [4.69, 9.17) is 0 Å². The van der Waals surface area contributed by atoms with Crippen molar-refractivity contribution in [2.45, 2.75) is 59.0 Å². The van der Waals surface area contributed by atoms with Gasteiger partial charge in [-0.1, -0.05) is 19.1 Å². The summed E-state index contributed by atoms with van der Waals surface area (Å²) in [4.78, 5) is 40.2. The fourth-order valence-electron chi connectivity index (χ4n) is 5.13. The number of amides is 2. The van der Waals surface area contributed by atoms with Crippen molar-refractivity contribution >= 4 is 40.4 Å². The largest absolute Gasteiger partial charge is 0.366 e. The Hall–Kier alpha value is -3.13. The molecular formula is C26H29N3O4S. The van der Waals surface area contributed by atoms with E-state index in [-0.39, 0.29) is 28.9 Å². The summed E-state index contributed by atoms with van der Waals surface area (Å²) in [6.45, 7) is 11.9. The predicted molar refractivity (Wildman–Crippen MR) is 136 cm³/mol. The lowest BCUT2D eigenvalue weighted by molar-refractivity contribution is -0.384. The van der Waals surface area contributed by atoms with Crippen LogP contribution >= 0.6 is 11.8 Å². The van der Waals surface area contributed by atoms with Crippen LogP contribution in [-0.2, 0) is 11.3 Å². The van der Waals surface area contributed by atoms with Gasteiger partial charge in [0.25, 0.3) is 16.8 Å². The maximum absolute atomic E-state index is 13.1. The molecule has 7 nitrogen and oxygen atoms in total.